The third kappa shape index (κ3) is 2.43. The fraction of sp³-hybridized carbons (Fsp3) is 0.0588. The molecule has 0 spiro atoms. The summed E-state index contributed by atoms with van der Waals surface area (Å²) in [5.41, 5.74) is 9.06. The van der Waals surface area contributed by atoms with Crippen molar-refractivity contribution < 1.29 is 4.79 Å². The molecule has 1 aromatic heterocycles. The van der Waals surface area contributed by atoms with E-state index in [1.165, 1.54) is 6.20 Å². The molecule has 0 fully saturated rings. The Hall–Kier alpha value is -2.88. The molecule has 3 rings (SSSR count). The molecule has 0 aliphatic heterocycles. The highest BCUT2D eigenvalue weighted by Gasteiger charge is 2.17. The van der Waals surface area contributed by atoms with Crippen molar-refractivity contribution in [3.8, 4) is 5.69 Å². The molecule has 21 heavy (non-hydrogen) atoms. The van der Waals surface area contributed by atoms with Crippen molar-refractivity contribution in [1.82, 2.24) is 9.78 Å². The molecule has 0 radical (unpaired) electrons. The molecule has 1 heterocycles. The summed E-state index contributed by atoms with van der Waals surface area (Å²) in [4.78, 5) is 12.5. The summed E-state index contributed by atoms with van der Waals surface area (Å²) < 4.78 is 1.57. The van der Waals surface area contributed by atoms with Gasteiger partial charge in [-0.3, -0.25) is 4.79 Å². The Morgan fingerprint density at radius 1 is 1.05 bits per heavy atom. The average Bonchev–Trinajstić information content (AvgIpc) is 2.90. The molecule has 104 valence electrons. The highest BCUT2D eigenvalue weighted by atomic mass is 16.1. The van der Waals surface area contributed by atoms with Gasteiger partial charge in [0.2, 0.25) is 0 Å². The van der Waals surface area contributed by atoms with E-state index in [9.17, 15) is 4.79 Å². The van der Waals surface area contributed by atoms with Crippen LogP contribution in [0.25, 0.3) is 5.69 Å². The fourth-order valence-corrected chi connectivity index (χ4v) is 2.17. The molecule has 0 amide bonds. The molecule has 0 atom stereocenters. The predicted octanol–water partition coefficient (Wildman–Crippen LogP) is 2.99. The maximum atomic E-state index is 12.5. The molecule has 3 aromatic rings. The first-order valence-electron chi connectivity index (χ1n) is 6.67. The molecule has 0 saturated heterocycles. The number of carbonyl (C=O) groups is 1. The van der Waals surface area contributed by atoms with Crippen LogP contribution in [0.15, 0.2) is 60.8 Å². The number of hydrogen-bond donors (Lipinski definition) is 1. The van der Waals surface area contributed by atoms with Gasteiger partial charge < -0.3 is 5.73 Å². The van der Waals surface area contributed by atoms with Crippen molar-refractivity contribution in [2.75, 3.05) is 5.73 Å². The van der Waals surface area contributed by atoms with Crippen LogP contribution in [0, 0.1) is 6.92 Å². The maximum Gasteiger partial charge on any atom is 0.198 e. The lowest BCUT2D eigenvalue weighted by molar-refractivity contribution is 0.103. The topological polar surface area (TPSA) is 60.9 Å². The minimum absolute atomic E-state index is 0.116. The molecule has 4 nitrogen and oxygen atoms in total. The van der Waals surface area contributed by atoms with E-state index in [1.54, 1.807) is 16.8 Å². The zero-order chi connectivity index (χ0) is 14.8. The van der Waals surface area contributed by atoms with E-state index in [2.05, 4.69) is 5.10 Å². The summed E-state index contributed by atoms with van der Waals surface area (Å²) in [7, 11) is 0. The SMILES string of the molecule is Cc1ccc(C(=O)c2cnn(-c3ccccc3)c2N)cc1. The van der Waals surface area contributed by atoms with Crippen molar-refractivity contribution in [3.63, 3.8) is 0 Å². The lowest BCUT2D eigenvalue weighted by atomic mass is 10.0. The van der Waals surface area contributed by atoms with Crippen molar-refractivity contribution >= 4 is 11.6 Å². The van der Waals surface area contributed by atoms with Gasteiger partial charge >= 0.3 is 0 Å². The zero-order valence-corrected chi connectivity index (χ0v) is 11.7. The van der Waals surface area contributed by atoms with Gasteiger partial charge in [-0.2, -0.15) is 5.10 Å². The standard InChI is InChI=1S/C17H15N3O/c1-12-7-9-13(10-8-12)16(21)15-11-19-20(17(15)18)14-5-3-2-4-6-14/h2-11H,18H2,1H3. The lowest BCUT2D eigenvalue weighted by Crippen LogP contribution is -2.07. The number of aryl methyl sites for hydroxylation is 1. The Bertz CT molecular complexity index is 774. The van der Waals surface area contributed by atoms with Crippen LogP contribution >= 0.6 is 0 Å². The predicted molar refractivity (Wildman–Crippen MR) is 82.6 cm³/mol. The number of anilines is 1. The highest BCUT2D eigenvalue weighted by Crippen LogP contribution is 2.20. The van der Waals surface area contributed by atoms with E-state index in [1.807, 2.05) is 49.4 Å². The monoisotopic (exact) mass is 277 g/mol. The summed E-state index contributed by atoms with van der Waals surface area (Å²) in [6.07, 6.45) is 1.52. The number of ketones is 1. The van der Waals surface area contributed by atoms with Gasteiger partial charge in [0, 0.05) is 5.56 Å². The number of nitrogens with zero attached hydrogens (tertiary/aromatic N) is 2. The quantitative estimate of drug-likeness (QED) is 0.749. The van der Waals surface area contributed by atoms with Gasteiger partial charge in [-0.05, 0) is 19.1 Å². The van der Waals surface area contributed by atoms with Gasteiger partial charge in [0.05, 0.1) is 17.4 Å². The molecule has 0 aliphatic rings. The van der Waals surface area contributed by atoms with Crippen LogP contribution < -0.4 is 5.73 Å². The third-order valence-electron chi connectivity index (χ3n) is 3.37. The van der Waals surface area contributed by atoms with Crippen molar-refractivity contribution in [2.45, 2.75) is 6.92 Å². The molecule has 0 aliphatic carbocycles. The number of nitrogen functional groups attached to an aromatic ring is 1. The van der Waals surface area contributed by atoms with Crippen LogP contribution in [0.1, 0.15) is 21.5 Å². The highest BCUT2D eigenvalue weighted by molar-refractivity contribution is 6.11. The number of para-hydroxylation sites is 1. The third-order valence-corrected chi connectivity index (χ3v) is 3.37. The summed E-state index contributed by atoms with van der Waals surface area (Å²) >= 11 is 0. The average molecular weight is 277 g/mol. The lowest BCUT2D eigenvalue weighted by Gasteiger charge is -2.05. The van der Waals surface area contributed by atoms with Crippen LogP contribution in [0.2, 0.25) is 0 Å². The Morgan fingerprint density at radius 3 is 2.38 bits per heavy atom. The number of rotatable bonds is 3. The van der Waals surface area contributed by atoms with Gasteiger partial charge in [0.1, 0.15) is 5.82 Å². The Balaban J connectivity index is 1.99. The first-order valence-corrected chi connectivity index (χ1v) is 6.67. The normalized spacial score (nSPS) is 10.5. The van der Waals surface area contributed by atoms with Crippen LogP contribution in [0.4, 0.5) is 5.82 Å². The van der Waals surface area contributed by atoms with Gasteiger partial charge in [-0.15, -0.1) is 0 Å². The molecular formula is C17H15N3O. The Kier molecular flexibility index (Phi) is 3.28. The first kappa shape index (κ1) is 13.1. The van der Waals surface area contributed by atoms with E-state index in [0.29, 0.717) is 16.9 Å². The smallest absolute Gasteiger partial charge is 0.198 e. The maximum absolute atomic E-state index is 12.5. The molecule has 2 aromatic carbocycles. The molecule has 0 saturated carbocycles. The minimum atomic E-state index is -0.116. The number of hydrogen-bond acceptors (Lipinski definition) is 3. The Morgan fingerprint density at radius 2 is 1.71 bits per heavy atom. The second kappa shape index (κ2) is 5.25. The van der Waals surface area contributed by atoms with Crippen molar-refractivity contribution in [2.24, 2.45) is 0 Å². The molecule has 0 unspecified atom stereocenters. The summed E-state index contributed by atoms with van der Waals surface area (Å²) in [5, 5.41) is 4.22. The fourth-order valence-electron chi connectivity index (χ4n) is 2.17. The van der Waals surface area contributed by atoms with Gasteiger partial charge in [0.15, 0.2) is 5.78 Å². The van der Waals surface area contributed by atoms with E-state index < -0.39 is 0 Å². The van der Waals surface area contributed by atoms with E-state index in [-0.39, 0.29) is 5.78 Å². The largest absolute Gasteiger partial charge is 0.383 e. The van der Waals surface area contributed by atoms with E-state index >= 15 is 0 Å². The number of aromatic nitrogens is 2. The molecular weight excluding hydrogens is 262 g/mol. The van der Waals surface area contributed by atoms with Crippen LogP contribution in [0.3, 0.4) is 0 Å². The van der Waals surface area contributed by atoms with Crippen LogP contribution in [-0.4, -0.2) is 15.6 Å². The van der Waals surface area contributed by atoms with Crippen LogP contribution in [0.5, 0.6) is 0 Å². The first-order chi connectivity index (χ1) is 10.2. The second-order valence-electron chi connectivity index (χ2n) is 4.89. The summed E-state index contributed by atoms with van der Waals surface area (Å²) in [6.45, 7) is 1.98. The van der Waals surface area contributed by atoms with E-state index in [4.69, 9.17) is 5.73 Å². The second-order valence-corrected chi connectivity index (χ2v) is 4.89. The summed E-state index contributed by atoms with van der Waals surface area (Å²) in [6, 6.07) is 16.9. The number of nitrogens with two attached hydrogens (primary N) is 1. The van der Waals surface area contributed by atoms with Crippen LogP contribution in [-0.2, 0) is 0 Å². The van der Waals surface area contributed by atoms with Gasteiger partial charge in [-0.25, -0.2) is 4.68 Å². The summed E-state index contributed by atoms with van der Waals surface area (Å²) in [5.74, 6) is 0.237. The number of benzene rings is 2. The zero-order valence-electron chi connectivity index (χ0n) is 11.7. The van der Waals surface area contributed by atoms with Crippen molar-refractivity contribution in [1.29, 1.82) is 0 Å². The molecule has 0 bridgehead atoms. The number of carbonyl (C=O) groups excluding carboxylic acids is 1. The minimum Gasteiger partial charge on any atom is -0.383 e. The van der Waals surface area contributed by atoms with Crippen molar-refractivity contribution in [3.05, 3.63) is 77.5 Å². The van der Waals surface area contributed by atoms with E-state index in [0.717, 1.165) is 11.3 Å². The molecule has 2 N–H and O–H groups in total. The van der Waals surface area contributed by atoms with Gasteiger partial charge in [0.25, 0.3) is 0 Å². The Labute approximate surface area is 122 Å². The van der Waals surface area contributed by atoms with Gasteiger partial charge in [-0.1, -0.05) is 48.0 Å². The molecule has 4 heteroatoms.